The van der Waals surface area contributed by atoms with Gasteiger partial charge in [0.15, 0.2) is 0 Å². The molecule has 4 N–H and O–H groups in total. The van der Waals surface area contributed by atoms with E-state index < -0.39 is 5.97 Å². The van der Waals surface area contributed by atoms with Gasteiger partial charge in [0.1, 0.15) is 0 Å². The molecule has 2 aromatic rings. The van der Waals surface area contributed by atoms with E-state index in [9.17, 15) is 9.59 Å². The second-order valence-electron chi connectivity index (χ2n) is 4.27. The van der Waals surface area contributed by atoms with Crippen molar-refractivity contribution < 1.29 is 14.7 Å². The molecule has 0 radical (unpaired) electrons. The molecule has 0 atom stereocenters. The number of carbonyl (C=O) groups is 2. The average Bonchev–Trinajstić information content (AvgIpc) is 2.55. The summed E-state index contributed by atoms with van der Waals surface area (Å²) in [6, 6.07) is 13.1. The molecule has 2 rings (SSSR count). The van der Waals surface area contributed by atoms with Gasteiger partial charge in [0.25, 0.3) is 5.91 Å². The molecular weight excluding hydrogens is 280 g/mol. The van der Waals surface area contributed by atoms with E-state index in [4.69, 9.17) is 10.8 Å². The van der Waals surface area contributed by atoms with Crippen molar-refractivity contribution in [3.8, 4) is 0 Å². The fourth-order valence-corrected chi connectivity index (χ4v) is 1.75. The van der Waals surface area contributed by atoms with Crippen LogP contribution in [0.2, 0.25) is 0 Å². The zero-order chi connectivity index (χ0) is 16.5. The quantitative estimate of drug-likeness (QED) is 0.757. The molecule has 0 fully saturated rings. The van der Waals surface area contributed by atoms with Gasteiger partial charge in [-0.25, -0.2) is 4.79 Å². The highest BCUT2D eigenvalue weighted by molar-refractivity contribution is 5.99. The Morgan fingerprint density at radius 3 is 2.18 bits per heavy atom. The predicted molar refractivity (Wildman–Crippen MR) is 86.8 cm³/mol. The van der Waals surface area contributed by atoms with Gasteiger partial charge in [-0.2, -0.15) is 0 Å². The number of aromatic carboxylic acids is 1. The van der Waals surface area contributed by atoms with Crippen LogP contribution in [-0.2, 0) is 6.54 Å². The third kappa shape index (κ3) is 4.63. The van der Waals surface area contributed by atoms with E-state index in [1.54, 1.807) is 36.4 Å². The molecule has 0 aromatic heterocycles. The first kappa shape index (κ1) is 17.2. The van der Waals surface area contributed by atoms with Gasteiger partial charge in [0, 0.05) is 12.2 Å². The minimum atomic E-state index is -0.974. The van der Waals surface area contributed by atoms with Crippen molar-refractivity contribution in [3.05, 3.63) is 65.2 Å². The summed E-state index contributed by atoms with van der Waals surface area (Å²) in [6.07, 6.45) is 0. The zero-order valence-electron chi connectivity index (χ0n) is 12.7. The smallest absolute Gasteiger partial charge is 0.335 e. The maximum absolute atomic E-state index is 11.9. The molecule has 0 spiro atoms. The van der Waals surface area contributed by atoms with E-state index in [0.29, 0.717) is 17.8 Å². The Bertz CT molecular complexity index is 637. The van der Waals surface area contributed by atoms with Crippen LogP contribution in [0.5, 0.6) is 0 Å². The number of carboxylic acid groups (broad SMARTS) is 1. The Labute approximate surface area is 129 Å². The summed E-state index contributed by atoms with van der Waals surface area (Å²) < 4.78 is 0. The Morgan fingerprint density at radius 2 is 1.64 bits per heavy atom. The number of hydrogen-bond donors (Lipinski definition) is 3. The fourth-order valence-electron chi connectivity index (χ4n) is 1.75. The Kier molecular flexibility index (Phi) is 6.63. The maximum Gasteiger partial charge on any atom is 0.335 e. The number of nitrogen functional groups attached to an aromatic ring is 1. The number of hydrogen-bond acceptors (Lipinski definition) is 3. The van der Waals surface area contributed by atoms with Crippen molar-refractivity contribution in [2.75, 3.05) is 5.73 Å². The lowest BCUT2D eigenvalue weighted by molar-refractivity contribution is 0.0696. The van der Waals surface area contributed by atoms with E-state index in [1.165, 1.54) is 12.1 Å². The molecular formula is C17H20N2O3. The molecule has 0 bridgehead atoms. The van der Waals surface area contributed by atoms with Gasteiger partial charge in [-0.05, 0) is 29.8 Å². The second-order valence-corrected chi connectivity index (χ2v) is 4.27. The third-order valence-corrected chi connectivity index (χ3v) is 2.86. The standard InChI is InChI=1S/C15H14N2O3.C2H6/c16-13-4-2-1-3-12(13)14(18)17-9-10-5-7-11(8-6-10)15(19)20;1-2/h1-8H,9,16H2,(H,17,18)(H,19,20);1-2H3. The van der Waals surface area contributed by atoms with Crippen molar-refractivity contribution in [2.24, 2.45) is 0 Å². The van der Waals surface area contributed by atoms with Crippen molar-refractivity contribution in [2.45, 2.75) is 20.4 Å². The predicted octanol–water partition coefficient (Wildman–Crippen LogP) is 2.92. The number of rotatable bonds is 4. The summed E-state index contributed by atoms with van der Waals surface area (Å²) in [7, 11) is 0. The van der Waals surface area contributed by atoms with Gasteiger partial charge in [0.2, 0.25) is 0 Å². The number of nitrogens with one attached hydrogen (secondary N) is 1. The highest BCUT2D eigenvalue weighted by Gasteiger charge is 2.08. The van der Waals surface area contributed by atoms with Gasteiger partial charge in [-0.3, -0.25) is 4.79 Å². The van der Waals surface area contributed by atoms with Crippen molar-refractivity contribution in [3.63, 3.8) is 0 Å². The maximum atomic E-state index is 11.9. The number of para-hydroxylation sites is 1. The molecule has 0 aliphatic rings. The lowest BCUT2D eigenvalue weighted by Crippen LogP contribution is -2.23. The summed E-state index contributed by atoms with van der Waals surface area (Å²) in [5.74, 6) is -1.23. The van der Waals surface area contributed by atoms with E-state index in [0.717, 1.165) is 5.56 Å². The third-order valence-electron chi connectivity index (χ3n) is 2.86. The largest absolute Gasteiger partial charge is 0.478 e. The van der Waals surface area contributed by atoms with Gasteiger partial charge < -0.3 is 16.2 Å². The van der Waals surface area contributed by atoms with E-state index in [1.807, 2.05) is 13.8 Å². The van der Waals surface area contributed by atoms with Crippen LogP contribution in [0.25, 0.3) is 0 Å². The van der Waals surface area contributed by atoms with Crippen LogP contribution >= 0.6 is 0 Å². The first-order chi connectivity index (χ1) is 10.6. The van der Waals surface area contributed by atoms with Gasteiger partial charge >= 0.3 is 5.97 Å². The first-order valence-corrected chi connectivity index (χ1v) is 7.03. The highest BCUT2D eigenvalue weighted by Crippen LogP contribution is 2.10. The van der Waals surface area contributed by atoms with Gasteiger partial charge in [0.05, 0.1) is 11.1 Å². The topological polar surface area (TPSA) is 92.4 Å². The Morgan fingerprint density at radius 1 is 1.05 bits per heavy atom. The van der Waals surface area contributed by atoms with Crippen LogP contribution in [0.4, 0.5) is 5.69 Å². The average molecular weight is 300 g/mol. The summed E-state index contributed by atoms with van der Waals surface area (Å²) >= 11 is 0. The number of carboxylic acids is 1. The molecule has 0 unspecified atom stereocenters. The molecule has 0 heterocycles. The van der Waals surface area contributed by atoms with Crippen LogP contribution in [0.3, 0.4) is 0 Å². The van der Waals surface area contributed by atoms with Gasteiger partial charge in [-0.1, -0.05) is 38.1 Å². The van der Waals surface area contributed by atoms with E-state index >= 15 is 0 Å². The number of amides is 1. The summed E-state index contributed by atoms with van der Waals surface area (Å²) in [5, 5.41) is 11.5. The first-order valence-electron chi connectivity index (χ1n) is 7.03. The molecule has 5 heteroatoms. The van der Waals surface area contributed by atoms with Crippen LogP contribution in [-0.4, -0.2) is 17.0 Å². The van der Waals surface area contributed by atoms with E-state index in [2.05, 4.69) is 5.32 Å². The Hall–Kier alpha value is -2.82. The zero-order valence-corrected chi connectivity index (χ0v) is 12.7. The fraction of sp³-hybridized carbons (Fsp3) is 0.176. The van der Waals surface area contributed by atoms with E-state index in [-0.39, 0.29) is 11.5 Å². The number of carbonyl (C=O) groups excluding carboxylic acids is 1. The number of nitrogens with two attached hydrogens (primary N) is 1. The highest BCUT2D eigenvalue weighted by atomic mass is 16.4. The number of anilines is 1. The molecule has 22 heavy (non-hydrogen) atoms. The van der Waals surface area contributed by atoms with Crippen molar-refractivity contribution in [1.82, 2.24) is 5.32 Å². The molecule has 5 nitrogen and oxygen atoms in total. The molecule has 0 aliphatic carbocycles. The lowest BCUT2D eigenvalue weighted by Gasteiger charge is -2.07. The number of benzene rings is 2. The summed E-state index contributed by atoms with van der Waals surface area (Å²) in [5.41, 5.74) is 7.60. The monoisotopic (exact) mass is 300 g/mol. The minimum absolute atomic E-state index is 0.215. The van der Waals surface area contributed by atoms with Crippen LogP contribution < -0.4 is 11.1 Å². The van der Waals surface area contributed by atoms with Crippen molar-refractivity contribution >= 4 is 17.6 Å². The van der Waals surface area contributed by atoms with Crippen LogP contribution in [0, 0.1) is 0 Å². The molecule has 0 aliphatic heterocycles. The molecule has 0 saturated carbocycles. The summed E-state index contributed by atoms with van der Waals surface area (Å²) in [4.78, 5) is 22.6. The second kappa shape index (κ2) is 8.46. The van der Waals surface area contributed by atoms with Crippen LogP contribution in [0.1, 0.15) is 40.1 Å². The molecule has 2 aromatic carbocycles. The minimum Gasteiger partial charge on any atom is -0.478 e. The molecule has 0 saturated heterocycles. The van der Waals surface area contributed by atoms with Crippen LogP contribution in [0.15, 0.2) is 48.5 Å². The SMILES string of the molecule is CC.Nc1ccccc1C(=O)NCc1ccc(C(=O)O)cc1. The molecule has 116 valence electrons. The molecule has 1 amide bonds. The van der Waals surface area contributed by atoms with Gasteiger partial charge in [-0.15, -0.1) is 0 Å². The summed E-state index contributed by atoms with van der Waals surface area (Å²) in [6.45, 7) is 4.31. The Balaban J connectivity index is 0.00000116. The normalized spacial score (nSPS) is 9.36. The lowest BCUT2D eigenvalue weighted by atomic mass is 10.1. The van der Waals surface area contributed by atoms with Crippen molar-refractivity contribution in [1.29, 1.82) is 0 Å².